The third-order valence-corrected chi connectivity index (χ3v) is 7.12. The van der Waals surface area contributed by atoms with Crippen LogP contribution in [0.4, 0.5) is 0 Å². The van der Waals surface area contributed by atoms with E-state index in [2.05, 4.69) is 26.7 Å². The topological polar surface area (TPSA) is 122 Å². The molecule has 5 rings (SSSR count). The quantitative estimate of drug-likeness (QED) is 0.240. The number of aromatic nitrogens is 3. The van der Waals surface area contributed by atoms with E-state index in [0.29, 0.717) is 25.2 Å². The Hall–Kier alpha value is -3.79. The average molecular weight is 516 g/mol. The summed E-state index contributed by atoms with van der Waals surface area (Å²) in [6, 6.07) is 19.1. The molecule has 1 aliphatic rings. The molecule has 0 aliphatic heterocycles. The number of ether oxygens (including phenoxy) is 1. The highest BCUT2D eigenvalue weighted by Crippen LogP contribution is 2.37. The van der Waals surface area contributed by atoms with E-state index >= 15 is 0 Å². The maximum Gasteiger partial charge on any atom is 0.225 e. The Morgan fingerprint density at radius 2 is 1.82 bits per heavy atom. The normalized spacial score (nSPS) is 21.0. The molecule has 1 saturated carbocycles. The highest BCUT2D eigenvalue weighted by molar-refractivity contribution is 5.80. The molecule has 0 bridgehead atoms. The SMILES string of the molecule is Cc1ncnc2c1ccn2[C@@H]1C[C@H](C(=O)NCCNCCc2cccc(Oc3ccccc3)c2)[C@@H](O)[C@H]1O. The van der Waals surface area contributed by atoms with Crippen molar-refractivity contribution >= 4 is 16.9 Å². The van der Waals surface area contributed by atoms with Crippen LogP contribution in [0.1, 0.15) is 23.7 Å². The maximum atomic E-state index is 12.8. The number of carbonyl (C=O) groups excluding carboxylic acids is 1. The Morgan fingerprint density at radius 1 is 1.00 bits per heavy atom. The van der Waals surface area contributed by atoms with Crippen molar-refractivity contribution in [2.45, 2.75) is 38.0 Å². The molecule has 2 aromatic carbocycles. The third-order valence-electron chi connectivity index (χ3n) is 7.12. The number of hydrogen-bond acceptors (Lipinski definition) is 7. The van der Waals surface area contributed by atoms with E-state index in [0.717, 1.165) is 41.1 Å². The Balaban J connectivity index is 1.06. The molecule has 4 N–H and O–H groups in total. The molecule has 0 unspecified atom stereocenters. The van der Waals surface area contributed by atoms with Crippen LogP contribution in [-0.2, 0) is 11.2 Å². The predicted octanol–water partition coefficient (Wildman–Crippen LogP) is 2.76. The van der Waals surface area contributed by atoms with Gasteiger partial charge < -0.3 is 30.2 Å². The predicted molar refractivity (Wildman–Crippen MR) is 144 cm³/mol. The molecule has 1 amide bonds. The van der Waals surface area contributed by atoms with E-state index in [9.17, 15) is 15.0 Å². The number of nitrogens with zero attached hydrogens (tertiary/aromatic N) is 3. The summed E-state index contributed by atoms with van der Waals surface area (Å²) in [5.41, 5.74) is 2.69. The second-order valence-corrected chi connectivity index (χ2v) is 9.66. The number of nitrogens with one attached hydrogen (secondary N) is 2. The summed E-state index contributed by atoms with van der Waals surface area (Å²) < 4.78 is 7.74. The van der Waals surface area contributed by atoms with Crippen molar-refractivity contribution in [1.29, 1.82) is 0 Å². The monoisotopic (exact) mass is 515 g/mol. The van der Waals surface area contributed by atoms with Gasteiger partial charge in [0.05, 0.1) is 23.8 Å². The molecule has 9 heteroatoms. The lowest BCUT2D eigenvalue weighted by Crippen LogP contribution is -2.40. The van der Waals surface area contributed by atoms with Crippen molar-refractivity contribution in [3.8, 4) is 11.5 Å². The van der Waals surface area contributed by atoms with Crippen LogP contribution in [0.2, 0.25) is 0 Å². The van der Waals surface area contributed by atoms with Crippen molar-refractivity contribution in [3.63, 3.8) is 0 Å². The first-order chi connectivity index (χ1) is 18.5. The number of fused-ring (bicyclic) bond motifs is 1. The van der Waals surface area contributed by atoms with Crippen LogP contribution in [0.3, 0.4) is 0 Å². The van der Waals surface area contributed by atoms with Crippen LogP contribution < -0.4 is 15.4 Å². The summed E-state index contributed by atoms with van der Waals surface area (Å²) in [4.78, 5) is 21.4. The van der Waals surface area contributed by atoms with Gasteiger partial charge in [-0.25, -0.2) is 9.97 Å². The molecule has 38 heavy (non-hydrogen) atoms. The fraction of sp³-hybridized carbons (Fsp3) is 0.345. The molecular formula is C29H33N5O4. The van der Waals surface area contributed by atoms with Crippen molar-refractivity contribution in [2.24, 2.45) is 5.92 Å². The Morgan fingerprint density at radius 3 is 2.66 bits per heavy atom. The summed E-state index contributed by atoms with van der Waals surface area (Å²) in [6.45, 7) is 3.67. The van der Waals surface area contributed by atoms with Crippen molar-refractivity contribution < 1.29 is 19.7 Å². The van der Waals surface area contributed by atoms with E-state index in [-0.39, 0.29) is 5.91 Å². The van der Waals surface area contributed by atoms with Crippen molar-refractivity contribution in [3.05, 3.63) is 84.4 Å². The smallest absolute Gasteiger partial charge is 0.225 e. The van der Waals surface area contributed by atoms with Crippen LogP contribution in [0.25, 0.3) is 11.0 Å². The fourth-order valence-electron chi connectivity index (χ4n) is 5.06. The van der Waals surface area contributed by atoms with Crippen LogP contribution in [0.15, 0.2) is 73.2 Å². The molecule has 4 aromatic rings. The average Bonchev–Trinajstić information content (AvgIpc) is 3.48. The molecule has 9 nitrogen and oxygen atoms in total. The molecule has 1 aliphatic carbocycles. The van der Waals surface area contributed by atoms with Gasteiger partial charge in [-0.2, -0.15) is 0 Å². The second-order valence-electron chi connectivity index (χ2n) is 9.66. The van der Waals surface area contributed by atoms with E-state index in [1.165, 1.54) is 6.33 Å². The van der Waals surface area contributed by atoms with E-state index in [1.54, 1.807) is 0 Å². The summed E-state index contributed by atoms with van der Waals surface area (Å²) in [5, 5.41) is 28.5. The summed E-state index contributed by atoms with van der Waals surface area (Å²) >= 11 is 0. The highest BCUT2D eigenvalue weighted by atomic mass is 16.5. The molecular weight excluding hydrogens is 482 g/mol. The number of aliphatic hydroxyl groups excluding tert-OH is 2. The Kier molecular flexibility index (Phi) is 7.97. The lowest BCUT2D eigenvalue weighted by atomic mass is 10.0. The fourth-order valence-corrected chi connectivity index (χ4v) is 5.06. The van der Waals surface area contributed by atoms with E-state index in [1.807, 2.05) is 72.3 Å². The number of rotatable bonds is 10. The first-order valence-electron chi connectivity index (χ1n) is 13.0. The molecule has 1 fully saturated rings. The van der Waals surface area contributed by atoms with Gasteiger partial charge in [0.2, 0.25) is 5.91 Å². The minimum Gasteiger partial charge on any atom is -0.457 e. The van der Waals surface area contributed by atoms with Crippen LogP contribution in [0.5, 0.6) is 11.5 Å². The molecule has 198 valence electrons. The lowest BCUT2D eigenvalue weighted by molar-refractivity contribution is -0.128. The Bertz CT molecular complexity index is 1380. The number of para-hydroxylation sites is 1. The zero-order valence-electron chi connectivity index (χ0n) is 21.3. The summed E-state index contributed by atoms with van der Waals surface area (Å²) in [7, 11) is 0. The first kappa shape index (κ1) is 25.8. The standard InChI is InChI=1S/C29H33N5O4/c1-19-23-11-15-34(28(23)33-18-32-19)25-17-24(26(35)27(25)36)29(37)31-14-13-30-12-10-20-6-5-9-22(16-20)38-21-7-3-2-4-8-21/h2-9,11,15-16,18,24-27,30,35-36H,10,12-14,17H2,1H3,(H,31,37)/t24-,25+,26+,27-/m0/s1. The van der Waals surface area contributed by atoms with E-state index in [4.69, 9.17) is 4.74 Å². The summed E-state index contributed by atoms with van der Waals surface area (Å²) in [5.74, 6) is 0.652. The second kappa shape index (κ2) is 11.7. The van der Waals surface area contributed by atoms with Gasteiger partial charge in [-0.15, -0.1) is 0 Å². The van der Waals surface area contributed by atoms with Gasteiger partial charge in [0, 0.05) is 24.7 Å². The number of aliphatic hydroxyl groups is 2. The maximum absolute atomic E-state index is 12.8. The van der Waals surface area contributed by atoms with Crippen molar-refractivity contribution in [2.75, 3.05) is 19.6 Å². The van der Waals surface area contributed by atoms with Gasteiger partial charge >= 0.3 is 0 Å². The van der Waals surface area contributed by atoms with Crippen LogP contribution in [-0.4, -0.2) is 62.5 Å². The molecule has 2 heterocycles. The number of hydrogen-bond donors (Lipinski definition) is 4. The van der Waals surface area contributed by atoms with Gasteiger partial charge in [0.15, 0.2) is 0 Å². The number of benzene rings is 2. The molecule has 0 radical (unpaired) electrons. The molecule has 0 spiro atoms. The zero-order valence-corrected chi connectivity index (χ0v) is 21.3. The largest absolute Gasteiger partial charge is 0.457 e. The van der Waals surface area contributed by atoms with Crippen LogP contribution in [0, 0.1) is 12.8 Å². The Labute approximate surface area is 221 Å². The van der Waals surface area contributed by atoms with E-state index < -0.39 is 24.2 Å². The summed E-state index contributed by atoms with van der Waals surface area (Å²) in [6.07, 6.45) is 2.27. The number of amides is 1. The minimum atomic E-state index is -1.14. The first-order valence-corrected chi connectivity index (χ1v) is 13.0. The lowest BCUT2D eigenvalue weighted by Gasteiger charge is -2.18. The zero-order chi connectivity index (χ0) is 26.5. The number of aryl methyl sites for hydroxylation is 1. The van der Waals surface area contributed by atoms with Gasteiger partial charge in [0.1, 0.15) is 29.6 Å². The van der Waals surface area contributed by atoms with Crippen LogP contribution >= 0.6 is 0 Å². The molecule has 2 aromatic heterocycles. The highest BCUT2D eigenvalue weighted by Gasteiger charge is 2.46. The number of carbonyl (C=O) groups is 1. The molecule has 4 atom stereocenters. The third kappa shape index (κ3) is 5.70. The van der Waals surface area contributed by atoms with Gasteiger partial charge in [-0.05, 0) is 62.2 Å². The minimum absolute atomic E-state index is 0.256. The molecule has 0 saturated heterocycles. The van der Waals surface area contributed by atoms with Gasteiger partial charge in [-0.1, -0.05) is 30.3 Å². The van der Waals surface area contributed by atoms with Gasteiger partial charge in [0.25, 0.3) is 0 Å². The van der Waals surface area contributed by atoms with Gasteiger partial charge in [-0.3, -0.25) is 4.79 Å². The van der Waals surface area contributed by atoms with Crippen molar-refractivity contribution in [1.82, 2.24) is 25.2 Å².